The van der Waals surface area contributed by atoms with Crippen LogP contribution in [0.4, 0.5) is 24.8 Å². The van der Waals surface area contributed by atoms with E-state index in [9.17, 15) is 13.2 Å². The molecule has 3 fully saturated rings. The number of morpholine rings is 1. The molecule has 1 aromatic heterocycles. The minimum atomic E-state index is -4.62. The van der Waals surface area contributed by atoms with E-state index in [4.69, 9.17) is 9.47 Å². The zero-order valence-corrected chi connectivity index (χ0v) is 21.4. The molecular weight excluding hydrogens is 485 g/mol. The third-order valence-electron chi connectivity index (χ3n) is 8.15. The maximum Gasteiger partial charge on any atom is 0.435 e. The van der Waals surface area contributed by atoms with Gasteiger partial charge in [0.25, 0.3) is 0 Å². The van der Waals surface area contributed by atoms with E-state index >= 15 is 0 Å². The number of hydrogen-bond acceptors (Lipinski definition) is 8. The molecule has 0 amide bonds. The summed E-state index contributed by atoms with van der Waals surface area (Å²) in [6.45, 7) is 2.52. The topological polar surface area (TPSA) is 66.0 Å². The first-order valence-corrected chi connectivity index (χ1v) is 12.8. The van der Waals surface area contributed by atoms with Gasteiger partial charge in [-0.3, -0.25) is 10.2 Å². The van der Waals surface area contributed by atoms with Crippen LogP contribution in [0.25, 0.3) is 0 Å². The van der Waals surface area contributed by atoms with E-state index in [0.717, 1.165) is 25.7 Å². The minimum Gasteiger partial charge on any atom is -0.378 e. The predicted octanol–water partition coefficient (Wildman–Crippen LogP) is 3.44. The summed E-state index contributed by atoms with van der Waals surface area (Å²) in [7, 11) is 4.20. The van der Waals surface area contributed by atoms with Crippen LogP contribution < -0.4 is 15.1 Å². The van der Waals surface area contributed by atoms with E-state index in [2.05, 4.69) is 58.5 Å². The number of ether oxygens (including phenoxy) is 2. The van der Waals surface area contributed by atoms with Crippen molar-refractivity contribution >= 4 is 11.6 Å². The zero-order chi connectivity index (χ0) is 26.1. The smallest absolute Gasteiger partial charge is 0.378 e. The summed E-state index contributed by atoms with van der Waals surface area (Å²) in [5, 5.41) is 3.52. The van der Waals surface area contributed by atoms with Crippen LogP contribution in [0.5, 0.6) is 0 Å². The monoisotopic (exact) mass is 520 g/mol. The quantitative estimate of drug-likeness (QED) is 0.658. The van der Waals surface area contributed by atoms with Crippen molar-refractivity contribution in [2.45, 2.75) is 42.9 Å². The SMILES string of the molecule is CN(C)[C@]1(c2ccccc2)CC[C@]2(CC1)CN(c1cnc(N3CCOCC3)nc1C(F)(F)F)COCN2. The molecule has 3 aliphatic rings. The number of alkyl halides is 3. The van der Waals surface area contributed by atoms with Gasteiger partial charge in [-0.25, -0.2) is 9.97 Å². The Morgan fingerprint density at radius 2 is 1.68 bits per heavy atom. The van der Waals surface area contributed by atoms with E-state index < -0.39 is 11.9 Å². The van der Waals surface area contributed by atoms with Gasteiger partial charge in [-0.15, -0.1) is 0 Å². The molecule has 37 heavy (non-hydrogen) atoms. The summed E-state index contributed by atoms with van der Waals surface area (Å²) < 4.78 is 53.8. The van der Waals surface area contributed by atoms with E-state index in [1.165, 1.54) is 11.8 Å². The van der Waals surface area contributed by atoms with Crippen LogP contribution in [0.15, 0.2) is 36.5 Å². The summed E-state index contributed by atoms with van der Waals surface area (Å²) in [6, 6.07) is 10.5. The second kappa shape index (κ2) is 10.4. The maximum atomic E-state index is 14.2. The molecule has 2 aromatic rings. The van der Waals surface area contributed by atoms with Crippen molar-refractivity contribution in [2.75, 3.05) is 70.2 Å². The molecule has 2 aliphatic heterocycles. The molecular formula is C26H35F3N6O2. The molecule has 11 heteroatoms. The fraction of sp³-hybridized carbons (Fsp3) is 0.615. The zero-order valence-electron chi connectivity index (χ0n) is 21.4. The number of nitrogens with zero attached hydrogens (tertiary/aromatic N) is 5. The first-order chi connectivity index (χ1) is 17.7. The fourth-order valence-corrected chi connectivity index (χ4v) is 5.92. The van der Waals surface area contributed by atoms with Crippen molar-refractivity contribution < 1.29 is 22.6 Å². The van der Waals surface area contributed by atoms with Gasteiger partial charge in [0.05, 0.1) is 31.8 Å². The molecule has 8 nitrogen and oxygen atoms in total. The van der Waals surface area contributed by atoms with Gasteiger partial charge in [0.1, 0.15) is 6.73 Å². The van der Waals surface area contributed by atoms with Gasteiger partial charge in [-0.05, 0) is 45.3 Å². The average Bonchev–Trinajstić information content (AvgIpc) is 3.12. The van der Waals surface area contributed by atoms with Crippen molar-refractivity contribution in [1.82, 2.24) is 20.2 Å². The summed E-state index contributed by atoms with van der Waals surface area (Å²) in [4.78, 5) is 14.0. The summed E-state index contributed by atoms with van der Waals surface area (Å²) in [6.07, 6.45) is 0.0426. The van der Waals surface area contributed by atoms with Crippen LogP contribution in [-0.2, 0) is 21.2 Å². The molecule has 0 atom stereocenters. The number of halogens is 3. The van der Waals surface area contributed by atoms with Crippen molar-refractivity contribution in [3.8, 4) is 0 Å². The van der Waals surface area contributed by atoms with Gasteiger partial charge in [-0.2, -0.15) is 13.2 Å². The van der Waals surface area contributed by atoms with E-state index in [1.54, 1.807) is 9.80 Å². The molecule has 202 valence electrons. The number of rotatable bonds is 4. The fourth-order valence-electron chi connectivity index (χ4n) is 5.92. The number of aromatic nitrogens is 2. The summed E-state index contributed by atoms with van der Waals surface area (Å²) in [5.74, 6) is 0.0826. The third kappa shape index (κ3) is 5.27. The standard InChI is InChI=1S/C26H35F3N6O2/c1-33(2)25(20-6-4-3-5-7-20)10-8-24(9-11-25)17-35(19-37-18-31-24)21-16-30-23(32-22(21)26(27,28)29)34-12-14-36-15-13-34/h3-7,16,31H,8-15,17-19H2,1-2H3/t24-,25+. The molecule has 2 saturated heterocycles. The van der Waals surface area contributed by atoms with Gasteiger partial charge < -0.3 is 19.3 Å². The summed E-state index contributed by atoms with van der Waals surface area (Å²) in [5.41, 5.74) is -0.196. The second-order valence-electron chi connectivity index (χ2n) is 10.4. The van der Waals surface area contributed by atoms with Gasteiger partial charge in [0.15, 0.2) is 5.69 Å². The number of nitrogens with one attached hydrogen (secondary N) is 1. The van der Waals surface area contributed by atoms with E-state index in [1.807, 2.05) is 6.07 Å². The second-order valence-corrected chi connectivity index (χ2v) is 10.4. The van der Waals surface area contributed by atoms with Crippen LogP contribution in [0.1, 0.15) is 36.9 Å². The van der Waals surface area contributed by atoms with Gasteiger partial charge in [0.2, 0.25) is 5.95 Å². The number of anilines is 2. The molecule has 1 saturated carbocycles. The molecule has 1 aromatic carbocycles. The highest BCUT2D eigenvalue weighted by molar-refractivity contribution is 5.53. The lowest BCUT2D eigenvalue weighted by Crippen LogP contribution is -2.58. The first kappa shape index (κ1) is 26.1. The highest BCUT2D eigenvalue weighted by atomic mass is 19.4. The Hall–Kier alpha value is -2.47. The van der Waals surface area contributed by atoms with Gasteiger partial charge in [0, 0.05) is 30.7 Å². The van der Waals surface area contributed by atoms with E-state index in [0.29, 0.717) is 32.8 Å². The molecule has 5 rings (SSSR count). The Morgan fingerprint density at radius 3 is 2.32 bits per heavy atom. The van der Waals surface area contributed by atoms with Gasteiger partial charge >= 0.3 is 6.18 Å². The molecule has 3 heterocycles. The van der Waals surface area contributed by atoms with Crippen molar-refractivity contribution in [3.05, 3.63) is 47.8 Å². The number of hydrogen-bond donors (Lipinski definition) is 1. The lowest BCUT2D eigenvalue weighted by molar-refractivity contribution is -0.140. The Bertz CT molecular complexity index is 1050. The van der Waals surface area contributed by atoms with Crippen molar-refractivity contribution in [1.29, 1.82) is 0 Å². The van der Waals surface area contributed by atoms with Crippen molar-refractivity contribution in [3.63, 3.8) is 0 Å². The molecule has 1 spiro atoms. The summed E-state index contributed by atoms with van der Waals surface area (Å²) >= 11 is 0. The number of benzene rings is 1. The minimum absolute atomic E-state index is 0.0373. The van der Waals surface area contributed by atoms with Crippen LogP contribution >= 0.6 is 0 Å². The molecule has 0 radical (unpaired) electrons. The highest BCUT2D eigenvalue weighted by Crippen LogP contribution is 2.46. The van der Waals surface area contributed by atoms with Crippen LogP contribution in [0.3, 0.4) is 0 Å². The molecule has 1 N–H and O–H groups in total. The normalized spacial score (nSPS) is 27.5. The molecule has 1 aliphatic carbocycles. The molecule has 0 bridgehead atoms. The van der Waals surface area contributed by atoms with Gasteiger partial charge in [-0.1, -0.05) is 30.3 Å². The Kier molecular flexibility index (Phi) is 7.32. The predicted molar refractivity (Wildman–Crippen MR) is 134 cm³/mol. The van der Waals surface area contributed by atoms with Crippen LogP contribution in [0.2, 0.25) is 0 Å². The lowest BCUT2D eigenvalue weighted by Gasteiger charge is -2.50. The lowest BCUT2D eigenvalue weighted by atomic mass is 9.68. The van der Waals surface area contributed by atoms with Crippen LogP contribution in [-0.4, -0.2) is 80.8 Å². The Morgan fingerprint density at radius 1 is 0.973 bits per heavy atom. The maximum absolute atomic E-state index is 14.2. The Balaban J connectivity index is 1.41. The largest absolute Gasteiger partial charge is 0.435 e. The van der Waals surface area contributed by atoms with Crippen molar-refractivity contribution in [2.24, 2.45) is 0 Å². The first-order valence-electron chi connectivity index (χ1n) is 12.8. The van der Waals surface area contributed by atoms with E-state index in [-0.39, 0.29) is 36.2 Å². The third-order valence-corrected chi connectivity index (χ3v) is 8.15. The van der Waals surface area contributed by atoms with Crippen LogP contribution in [0, 0.1) is 0 Å². The Labute approximate surface area is 215 Å². The highest BCUT2D eigenvalue weighted by Gasteiger charge is 2.47. The molecule has 0 unspecified atom stereocenters. The average molecular weight is 521 g/mol.